The Labute approximate surface area is 229 Å². The van der Waals surface area contributed by atoms with Gasteiger partial charge in [0.15, 0.2) is 0 Å². The van der Waals surface area contributed by atoms with Gasteiger partial charge in [0.2, 0.25) is 0 Å². The maximum Gasteiger partial charge on any atom is 0.417 e. The fraction of sp³-hybridized carbons (Fsp3) is 0.581. The van der Waals surface area contributed by atoms with E-state index in [1.54, 1.807) is 6.92 Å². The van der Waals surface area contributed by atoms with Crippen molar-refractivity contribution >= 4 is 5.78 Å². The number of hydrogen-bond donors (Lipinski definition) is 1. The molecule has 2 fully saturated rings. The number of rotatable bonds is 6. The van der Waals surface area contributed by atoms with Crippen LogP contribution >= 0.6 is 0 Å². The molecule has 5 nitrogen and oxygen atoms in total. The summed E-state index contributed by atoms with van der Waals surface area (Å²) in [5.74, 6) is 1.82. The Bertz CT molecular complexity index is 1220. The number of carbonyl (C=O) groups is 1. The highest BCUT2D eigenvalue weighted by atomic mass is 19.4. The first-order valence-corrected chi connectivity index (χ1v) is 14.1. The molecule has 0 saturated heterocycles. The molecule has 0 spiro atoms. The number of Topliss-reactive ketones (excluding diaryl/α,β-unsaturated/α-hetero) is 1. The summed E-state index contributed by atoms with van der Waals surface area (Å²) in [6.07, 6.45) is 5.29. The summed E-state index contributed by atoms with van der Waals surface area (Å²) in [7, 11) is 0. The average Bonchev–Trinajstić information content (AvgIpc) is 3.47. The van der Waals surface area contributed by atoms with Gasteiger partial charge in [0, 0.05) is 41.4 Å². The molecule has 2 saturated carbocycles. The second kappa shape index (κ2) is 12.1. The maximum absolute atomic E-state index is 12.4. The third-order valence-electron chi connectivity index (χ3n) is 8.71. The maximum atomic E-state index is 12.4. The Morgan fingerprint density at radius 1 is 1.26 bits per heavy atom. The summed E-state index contributed by atoms with van der Waals surface area (Å²) < 4.78 is 42.9. The van der Waals surface area contributed by atoms with Gasteiger partial charge in [-0.05, 0) is 81.2 Å². The normalized spacial score (nSPS) is 25.5. The van der Waals surface area contributed by atoms with Crippen molar-refractivity contribution in [2.75, 3.05) is 6.61 Å². The third-order valence-corrected chi connectivity index (χ3v) is 8.71. The highest BCUT2D eigenvalue weighted by Crippen LogP contribution is 2.55. The number of nitriles is 1. The van der Waals surface area contributed by atoms with Gasteiger partial charge in [-0.25, -0.2) is 0 Å². The van der Waals surface area contributed by atoms with Crippen LogP contribution in [0.2, 0.25) is 0 Å². The third kappa shape index (κ3) is 6.30. The van der Waals surface area contributed by atoms with E-state index in [9.17, 15) is 18.0 Å². The zero-order chi connectivity index (χ0) is 28.2. The summed E-state index contributed by atoms with van der Waals surface area (Å²) in [4.78, 5) is 16.2. The van der Waals surface area contributed by atoms with Crippen molar-refractivity contribution in [1.82, 2.24) is 10.3 Å². The van der Waals surface area contributed by atoms with Crippen LogP contribution in [-0.4, -0.2) is 23.4 Å². The fourth-order valence-corrected chi connectivity index (χ4v) is 6.74. The first-order valence-electron chi connectivity index (χ1n) is 14.1. The van der Waals surface area contributed by atoms with Crippen LogP contribution in [0.3, 0.4) is 0 Å². The van der Waals surface area contributed by atoms with E-state index in [2.05, 4.69) is 16.4 Å². The van der Waals surface area contributed by atoms with Gasteiger partial charge in [0.05, 0.1) is 23.8 Å². The molecule has 0 amide bonds. The Morgan fingerprint density at radius 3 is 2.69 bits per heavy atom. The number of fused-ring (bicyclic) bond motifs is 2. The van der Waals surface area contributed by atoms with Gasteiger partial charge >= 0.3 is 6.18 Å². The lowest BCUT2D eigenvalue weighted by molar-refractivity contribution is -0.137. The molecule has 0 bridgehead atoms. The molecule has 0 radical (unpaired) electrons. The van der Waals surface area contributed by atoms with Gasteiger partial charge < -0.3 is 10.1 Å². The van der Waals surface area contributed by atoms with Crippen LogP contribution < -0.4 is 10.1 Å². The van der Waals surface area contributed by atoms with Crippen LogP contribution in [0.15, 0.2) is 30.5 Å². The number of ketones is 1. The topological polar surface area (TPSA) is 75.0 Å². The van der Waals surface area contributed by atoms with E-state index >= 15 is 0 Å². The van der Waals surface area contributed by atoms with Crippen molar-refractivity contribution in [3.8, 4) is 11.8 Å². The number of carbonyl (C=O) groups excluding carboxylic acids is 1. The van der Waals surface area contributed by atoms with Crippen LogP contribution in [0.1, 0.15) is 99.7 Å². The number of hydrogen-bond acceptors (Lipinski definition) is 5. The number of pyridine rings is 1. The lowest BCUT2D eigenvalue weighted by Gasteiger charge is -2.30. The standard InChI is InChI=1S/C20H24N2O2.C11H14F3N/c1-13(23)20-7-2-3-15(20)10-16(11-20)22-18-6-8-24-19-5-4-14(12-21)9-17(18)19;1-3-5-10-8(4-2)6-9(7-15-10)11(12,13)14/h4-5,9,15-16,18,22H,2-3,6-8,10-11H2,1H3;6-7H,3-5H2,1-2H3/t15?,16?,18-,20?;/m1./s1. The minimum absolute atomic E-state index is 0.0693. The summed E-state index contributed by atoms with van der Waals surface area (Å²) >= 11 is 0. The number of halogens is 3. The zero-order valence-electron chi connectivity index (χ0n) is 23.0. The number of nitrogens with zero attached hydrogens (tertiary/aromatic N) is 2. The molecule has 2 aliphatic carbocycles. The summed E-state index contributed by atoms with van der Waals surface area (Å²) in [6, 6.07) is 9.69. The van der Waals surface area contributed by atoms with Gasteiger partial charge in [0.25, 0.3) is 0 Å². The Morgan fingerprint density at radius 2 is 2.05 bits per heavy atom. The lowest BCUT2D eigenvalue weighted by atomic mass is 9.77. The van der Waals surface area contributed by atoms with E-state index in [-0.39, 0.29) is 11.5 Å². The number of ether oxygens (including phenoxy) is 1. The molecular formula is C31H38F3N3O2. The summed E-state index contributed by atoms with van der Waals surface area (Å²) in [5.41, 5.74) is 2.53. The fourth-order valence-electron chi connectivity index (χ4n) is 6.74. The molecule has 1 aromatic carbocycles. The second-order valence-electron chi connectivity index (χ2n) is 11.1. The molecule has 2 heterocycles. The molecule has 1 aromatic heterocycles. The van der Waals surface area contributed by atoms with Crippen molar-refractivity contribution in [2.45, 2.75) is 96.8 Å². The monoisotopic (exact) mass is 541 g/mol. The molecular weight excluding hydrogens is 503 g/mol. The van der Waals surface area contributed by atoms with Gasteiger partial charge in [-0.2, -0.15) is 18.4 Å². The molecule has 210 valence electrons. The number of alkyl halides is 3. The molecule has 1 N–H and O–H groups in total. The first kappa shape index (κ1) is 29.1. The predicted octanol–water partition coefficient (Wildman–Crippen LogP) is 7.12. The molecule has 1 aliphatic heterocycles. The van der Waals surface area contributed by atoms with Crippen LogP contribution in [0.25, 0.3) is 0 Å². The Balaban J connectivity index is 0.000000204. The number of benzene rings is 1. The van der Waals surface area contributed by atoms with E-state index in [0.29, 0.717) is 41.9 Å². The molecule has 8 heteroatoms. The number of nitrogens with one attached hydrogen (secondary N) is 1. The van der Waals surface area contributed by atoms with E-state index in [4.69, 9.17) is 10.00 Å². The van der Waals surface area contributed by atoms with Crippen LogP contribution in [-0.2, 0) is 23.8 Å². The minimum Gasteiger partial charge on any atom is -0.493 e. The molecule has 3 unspecified atom stereocenters. The minimum atomic E-state index is -4.29. The number of aryl methyl sites for hydroxylation is 2. The van der Waals surface area contributed by atoms with Gasteiger partial charge in [-0.1, -0.05) is 26.7 Å². The largest absolute Gasteiger partial charge is 0.493 e. The first-order chi connectivity index (χ1) is 18.6. The van der Waals surface area contributed by atoms with Crippen molar-refractivity contribution < 1.29 is 22.7 Å². The van der Waals surface area contributed by atoms with Crippen molar-refractivity contribution in [3.63, 3.8) is 0 Å². The smallest absolute Gasteiger partial charge is 0.417 e. The van der Waals surface area contributed by atoms with Crippen molar-refractivity contribution in [3.05, 3.63) is 58.4 Å². The van der Waals surface area contributed by atoms with E-state index in [1.165, 1.54) is 18.9 Å². The van der Waals surface area contributed by atoms with Crippen LogP contribution in [0, 0.1) is 22.7 Å². The van der Waals surface area contributed by atoms with Crippen LogP contribution in [0.4, 0.5) is 13.2 Å². The van der Waals surface area contributed by atoms with E-state index in [0.717, 1.165) is 61.7 Å². The van der Waals surface area contributed by atoms with Crippen molar-refractivity contribution in [2.24, 2.45) is 11.3 Å². The molecule has 4 atom stereocenters. The van der Waals surface area contributed by atoms with E-state index in [1.807, 2.05) is 32.0 Å². The van der Waals surface area contributed by atoms with Gasteiger partial charge in [-0.15, -0.1) is 0 Å². The van der Waals surface area contributed by atoms with Crippen LogP contribution in [0.5, 0.6) is 5.75 Å². The molecule has 3 aliphatic rings. The Kier molecular flexibility index (Phi) is 9.00. The molecule has 2 aromatic rings. The lowest BCUT2D eigenvalue weighted by Crippen LogP contribution is -2.36. The molecule has 39 heavy (non-hydrogen) atoms. The van der Waals surface area contributed by atoms with Gasteiger partial charge in [0.1, 0.15) is 11.5 Å². The highest BCUT2D eigenvalue weighted by molar-refractivity contribution is 5.83. The Hall–Kier alpha value is -2.92. The number of aromatic nitrogens is 1. The quantitative estimate of drug-likeness (QED) is 0.421. The second-order valence-corrected chi connectivity index (χ2v) is 11.1. The summed E-state index contributed by atoms with van der Waals surface area (Å²) in [6.45, 7) is 6.31. The zero-order valence-corrected chi connectivity index (χ0v) is 23.0. The predicted molar refractivity (Wildman–Crippen MR) is 143 cm³/mol. The average molecular weight is 542 g/mol. The van der Waals surface area contributed by atoms with Crippen molar-refractivity contribution in [1.29, 1.82) is 5.26 Å². The SMILES string of the molecule is CC(=O)C12CCCC1CC(N[C@@H]1CCOc3ccc(C#N)cc31)C2.CCCc1ncc(C(F)(F)F)cc1CC. The highest BCUT2D eigenvalue weighted by Gasteiger charge is 2.53. The van der Waals surface area contributed by atoms with Gasteiger partial charge in [-0.3, -0.25) is 9.78 Å². The summed E-state index contributed by atoms with van der Waals surface area (Å²) in [5, 5.41) is 13.0. The molecule has 5 rings (SSSR count). The van der Waals surface area contributed by atoms with E-state index < -0.39 is 11.7 Å².